The maximum absolute atomic E-state index is 6.30. The van der Waals surface area contributed by atoms with Crippen molar-refractivity contribution < 1.29 is 4.74 Å². The zero-order chi connectivity index (χ0) is 12.5. The van der Waals surface area contributed by atoms with Crippen molar-refractivity contribution in [3.8, 4) is 10.8 Å². The minimum absolute atomic E-state index is 0.658. The monoisotopic (exact) mass is 294 g/mol. The van der Waals surface area contributed by atoms with Gasteiger partial charge in [0.25, 0.3) is 0 Å². The molecule has 0 aliphatic rings. The lowest BCUT2D eigenvalue weighted by Gasteiger charge is -2.02. The molecule has 0 amide bonds. The smallest absolute Gasteiger partial charge is 0.200 e. The lowest BCUT2D eigenvalue weighted by molar-refractivity contribution is 0.497. The van der Waals surface area contributed by atoms with Crippen LogP contribution in [-0.4, -0.2) is 0 Å². The van der Waals surface area contributed by atoms with Gasteiger partial charge in [-0.3, -0.25) is 0 Å². The summed E-state index contributed by atoms with van der Waals surface area (Å²) in [7, 11) is 0. The summed E-state index contributed by atoms with van der Waals surface area (Å²) in [6.45, 7) is 0. The van der Waals surface area contributed by atoms with Crippen LogP contribution < -0.4 is 4.74 Å². The van der Waals surface area contributed by atoms with Crippen molar-refractivity contribution in [1.82, 2.24) is 0 Å². The van der Waals surface area contributed by atoms with E-state index in [1.807, 2.05) is 36.4 Å². The van der Waals surface area contributed by atoms with Gasteiger partial charge in [-0.2, -0.15) is 0 Å². The van der Waals surface area contributed by atoms with Gasteiger partial charge < -0.3 is 4.74 Å². The first-order valence-electron chi connectivity index (χ1n) is 5.34. The van der Waals surface area contributed by atoms with Gasteiger partial charge in [0.2, 0.25) is 5.06 Å². The summed E-state index contributed by atoms with van der Waals surface area (Å²) >= 11 is 13.7. The molecule has 1 nitrogen and oxygen atoms in total. The highest BCUT2D eigenvalue weighted by molar-refractivity contribution is 7.21. The van der Waals surface area contributed by atoms with Crippen LogP contribution in [-0.2, 0) is 0 Å². The fraction of sp³-hybridized carbons (Fsp3) is 0. The van der Waals surface area contributed by atoms with Crippen LogP contribution in [0.25, 0.3) is 10.1 Å². The predicted molar refractivity (Wildman–Crippen MR) is 78.4 cm³/mol. The highest BCUT2D eigenvalue weighted by atomic mass is 35.5. The lowest BCUT2D eigenvalue weighted by atomic mass is 10.3. The molecule has 18 heavy (non-hydrogen) atoms. The molecule has 2 aromatic carbocycles. The Bertz CT molecular complexity index is 689. The summed E-state index contributed by atoms with van der Waals surface area (Å²) in [6, 6.07) is 15.2. The van der Waals surface area contributed by atoms with E-state index in [0.29, 0.717) is 15.1 Å². The fourth-order valence-electron chi connectivity index (χ4n) is 1.67. The molecule has 90 valence electrons. The quantitative estimate of drug-likeness (QED) is 0.563. The fourth-order valence-corrected chi connectivity index (χ4v) is 3.13. The van der Waals surface area contributed by atoms with Crippen LogP contribution in [0.15, 0.2) is 48.5 Å². The minimum atomic E-state index is 0.658. The van der Waals surface area contributed by atoms with Crippen molar-refractivity contribution in [2.24, 2.45) is 0 Å². The van der Waals surface area contributed by atoms with Crippen LogP contribution in [0.4, 0.5) is 0 Å². The number of thiophene rings is 1. The van der Waals surface area contributed by atoms with Crippen LogP contribution in [0.3, 0.4) is 0 Å². The van der Waals surface area contributed by atoms with Gasteiger partial charge in [-0.05, 0) is 30.3 Å². The first-order chi connectivity index (χ1) is 8.74. The molecular formula is C14H8Cl2OS. The third-order valence-electron chi connectivity index (χ3n) is 2.53. The van der Waals surface area contributed by atoms with E-state index >= 15 is 0 Å². The number of halogens is 2. The van der Waals surface area contributed by atoms with Gasteiger partial charge in [0, 0.05) is 15.1 Å². The Balaban J connectivity index is 1.99. The molecule has 0 fully saturated rings. The normalized spacial score (nSPS) is 10.8. The highest BCUT2D eigenvalue weighted by Crippen LogP contribution is 2.43. The Morgan fingerprint density at radius 2 is 1.61 bits per heavy atom. The first kappa shape index (κ1) is 11.8. The van der Waals surface area contributed by atoms with Crippen LogP contribution in [0.2, 0.25) is 10.0 Å². The standard InChI is InChI=1S/C14H8Cl2OS/c15-9-5-7-10(8-6-9)17-14-13(16)11-3-1-2-4-12(11)18-14/h1-8H. The zero-order valence-electron chi connectivity index (χ0n) is 9.19. The van der Waals surface area contributed by atoms with Gasteiger partial charge in [-0.1, -0.05) is 52.7 Å². The van der Waals surface area contributed by atoms with Gasteiger partial charge in [-0.25, -0.2) is 0 Å². The van der Waals surface area contributed by atoms with Gasteiger partial charge in [0.15, 0.2) is 0 Å². The van der Waals surface area contributed by atoms with Crippen LogP contribution in [0.5, 0.6) is 10.8 Å². The third-order valence-corrected chi connectivity index (χ3v) is 4.32. The van der Waals surface area contributed by atoms with E-state index in [4.69, 9.17) is 27.9 Å². The summed E-state index contributed by atoms with van der Waals surface area (Å²) in [5.41, 5.74) is 0. The summed E-state index contributed by atoms with van der Waals surface area (Å²) in [4.78, 5) is 0. The number of hydrogen-bond acceptors (Lipinski definition) is 2. The molecule has 1 aromatic heterocycles. The average molecular weight is 295 g/mol. The second-order valence-corrected chi connectivity index (χ2v) is 5.58. The van der Waals surface area contributed by atoms with Crippen molar-refractivity contribution in [2.75, 3.05) is 0 Å². The van der Waals surface area contributed by atoms with Crippen LogP contribution >= 0.6 is 34.5 Å². The summed E-state index contributed by atoms with van der Waals surface area (Å²) < 4.78 is 6.89. The molecule has 0 atom stereocenters. The number of ether oxygens (including phenoxy) is 1. The van der Waals surface area contributed by atoms with Crippen molar-refractivity contribution in [3.05, 3.63) is 58.6 Å². The first-order valence-corrected chi connectivity index (χ1v) is 6.92. The van der Waals surface area contributed by atoms with Crippen molar-refractivity contribution in [1.29, 1.82) is 0 Å². The van der Waals surface area contributed by atoms with E-state index in [1.165, 1.54) is 11.3 Å². The van der Waals surface area contributed by atoms with E-state index in [2.05, 4.69) is 0 Å². The number of benzene rings is 2. The van der Waals surface area contributed by atoms with Gasteiger partial charge in [0.1, 0.15) is 10.8 Å². The Hall–Kier alpha value is -1.22. The molecule has 0 radical (unpaired) electrons. The molecule has 0 bridgehead atoms. The average Bonchev–Trinajstić information content (AvgIpc) is 2.70. The van der Waals surface area contributed by atoms with E-state index in [9.17, 15) is 0 Å². The van der Waals surface area contributed by atoms with Gasteiger partial charge >= 0.3 is 0 Å². The SMILES string of the molecule is Clc1ccc(Oc2sc3ccccc3c2Cl)cc1. The Morgan fingerprint density at radius 1 is 0.889 bits per heavy atom. The molecule has 0 saturated heterocycles. The second-order valence-electron chi connectivity index (χ2n) is 3.76. The Morgan fingerprint density at radius 3 is 2.33 bits per heavy atom. The zero-order valence-corrected chi connectivity index (χ0v) is 11.5. The van der Waals surface area contributed by atoms with Crippen LogP contribution in [0, 0.1) is 0 Å². The largest absolute Gasteiger partial charge is 0.445 e. The lowest BCUT2D eigenvalue weighted by Crippen LogP contribution is -1.80. The Labute approximate surface area is 119 Å². The number of hydrogen-bond donors (Lipinski definition) is 0. The molecule has 0 aliphatic heterocycles. The molecule has 3 rings (SSSR count). The third kappa shape index (κ3) is 2.19. The molecule has 3 aromatic rings. The molecule has 0 saturated carbocycles. The number of rotatable bonds is 2. The van der Waals surface area contributed by atoms with E-state index in [1.54, 1.807) is 12.1 Å². The van der Waals surface area contributed by atoms with Gasteiger partial charge in [0.05, 0.1) is 0 Å². The Kier molecular flexibility index (Phi) is 3.16. The van der Waals surface area contributed by atoms with Crippen molar-refractivity contribution in [2.45, 2.75) is 0 Å². The maximum atomic E-state index is 6.30. The molecule has 4 heteroatoms. The molecule has 0 N–H and O–H groups in total. The summed E-state index contributed by atoms with van der Waals surface area (Å²) in [6.07, 6.45) is 0. The molecule has 0 spiro atoms. The molecular weight excluding hydrogens is 287 g/mol. The molecule has 1 heterocycles. The van der Waals surface area contributed by atoms with Crippen molar-refractivity contribution in [3.63, 3.8) is 0 Å². The molecule has 0 aliphatic carbocycles. The topological polar surface area (TPSA) is 9.23 Å². The minimum Gasteiger partial charge on any atom is -0.445 e. The maximum Gasteiger partial charge on any atom is 0.200 e. The van der Waals surface area contributed by atoms with E-state index < -0.39 is 0 Å². The van der Waals surface area contributed by atoms with Crippen LogP contribution in [0.1, 0.15) is 0 Å². The van der Waals surface area contributed by atoms with E-state index in [0.717, 1.165) is 15.8 Å². The molecule has 0 unspecified atom stereocenters. The van der Waals surface area contributed by atoms with Gasteiger partial charge in [-0.15, -0.1) is 0 Å². The summed E-state index contributed by atoms with van der Waals surface area (Å²) in [5, 5.41) is 3.07. The second kappa shape index (κ2) is 4.81. The number of fused-ring (bicyclic) bond motifs is 1. The predicted octanol–water partition coefficient (Wildman–Crippen LogP) is 6.00. The van der Waals surface area contributed by atoms with Crippen molar-refractivity contribution >= 4 is 44.6 Å². The summed E-state index contributed by atoms with van der Waals surface area (Å²) in [5.74, 6) is 0.729. The van der Waals surface area contributed by atoms with E-state index in [-0.39, 0.29) is 0 Å². The highest BCUT2D eigenvalue weighted by Gasteiger charge is 2.11.